The van der Waals surface area contributed by atoms with Gasteiger partial charge < -0.3 is 10.1 Å². The Balaban J connectivity index is 1.73. The SMILES string of the molecule is CCc1nc(Cl)cc(NCCOC2CCCC2)n1. The van der Waals surface area contributed by atoms with Crippen LogP contribution in [-0.2, 0) is 11.2 Å². The fraction of sp³-hybridized carbons (Fsp3) is 0.692. The third-order valence-electron chi connectivity index (χ3n) is 3.12. The van der Waals surface area contributed by atoms with Crippen LogP contribution in [0, 0.1) is 0 Å². The first-order chi connectivity index (χ1) is 8.78. The minimum absolute atomic E-state index is 0.465. The quantitative estimate of drug-likeness (QED) is 0.637. The summed E-state index contributed by atoms with van der Waals surface area (Å²) in [6.07, 6.45) is 6.28. The minimum Gasteiger partial charge on any atom is -0.376 e. The third kappa shape index (κ3) is 4.10. The lowest BCUT2D eigenvalue weighted by Gasteiger charge is -2.12. The van der Waals surface area contributed by atoms with Gasteiger partial charge in [-0.3, -0.25) is 0 Å². The average molecular weight is 270 g/mol. The molecule has 1 heterocycles. The summed E-state index contributed by atoms with van der Waals surface area (Å²) in [6, 6.07) is 1.75. The van der Waals surface area contributed by atoms with E-state index >= 15 is 0 Å². The van der Waals surface area contributed by atoms with Crippen molar-refractivity contribution in [1.82, 2.24) is 9.97 Å². The smallest absolute Gasteiger partial charge is 0.134 e. The molecule has 0 bridgehead atoms. The van der Waals surface area contributed by atoms with E-state index in [-0.39, 0.29) is 0 Å². The van der Waals surface area contributed by atoms with Gasteiger partial charge in [-0.25, -0.2) is 9.97 Å². The first-order valence-electron chi connectivity index (χ1n) is 6.67. The first kappa shape index (κ1) is 13.6. The summed E-state index contributed by atoms with van der Waals surface area (Å²) in [5, 5.41) is 3.71. The fourth-order valence-corrected chi connectivity index (χ4v) is 2.37. The first-order valence-corrected chi connectivity index (χ1v) is 7.04. The van der Waals surface area contributed by atoms with Crippen LogP contribution in [0.15, 0.2) is 6.07 Å². The number of aromatic nitrogens is 2. The van der Waals surface area contributed by atoms with Crippen molar-refractivity contribution in [1.29, 1.82) is 0 Å². The Morgan fingerprint density at radius 1 is 1.39 bits per heavy atom. The van der Waals surface area contributed by atoms with Gasteiger partial charge in [0.05, 0.1) is 12.7 Å². The lowest BCUT2D eigenvalue weighted by Crippen LogP contribution is -2.16. The second-order valence-corrected chi connectivity index (χ2v) is 4.94. The van der Waals surface area contributed by atoms with Crippen LogP contribution in [0.2, 0.25) is 5.15 Å². The van der Waals surface area contributed by atoms with Crippen LogP contribution in [0.1, 0.15) is 38.4 Å². The summed E-state index contributed by atoms with van der Waals surface area (Å²) in [6.45, 7) is 3.49. The van der Waals surface area contributed by atoms with Crippen molar-refractivity contribution >= 4 is 17.4 Å². The molecule has 0 radical (unpaired) electrons. The van der Waals surface area contributed by atoms with Gasteiger partial charge in [0.25, 0.3) is 0 Å². The number of rotatable bonds is 6. The maximum atomic E-state index is 5.92. The number of nitrogens with one attached hydrogen (secondary N) is 1. The Morgan fingerprint density at radius 3 is 2.89 bits per heavy atom. The second-order valence-electron chi connectivity index (χ2n) is 4.55. The van der Waals surface area contributed by atoms with Gasteiger partial charge >= 0.3 is 0 Å². The molecule has 4 nitrogen and oxygen atoms in total. The Bertz CT molecular complexity index is 380. The van der Waals surface area contributed by atoms with E-state index in [1.807, 2.05) is 6.92 Å². The highest BCUT2D eigenvalue weighted by atomic mass is 35.5. The molecule has 1 fully saturated rings. The highest BCUT2D eigenvalue weighted by Crippen LogP contribution is 2.20. The standard InChI is InChI=1S/C13H20ClN3O/c1-2-12-16-11(14)9-13(17-12)15-7-8-18-10-5-3-4-6-10/h9-10H,2-8H2,1H3,(H,15,16,17). The molecule has 0 amide bonds. The van der Waals surface area contributed by atoms with Crippen LogP contribution in [0.5, 0.6) is 0 Å². The number of nitrogens with zero attached hydrogens (tertiary/aromatic N) is 2. The Kier molecular flexibility index (Phi) is 5.20. The number of hydrogen-bond acceptors (Lipinski definition) is 4. The molecule has 1 aromatic heterocycles. The van der Waals surface area contributed by atoms with Crippen molar-refractivity contribution in [3.8, 4) is 0 Å². The molecule has 0 atom stereocenters. The molecule has 0 aliphatic heterocycles. The molecule has 0 spiro atoms. The summed E-state index contributed by atoms with van der Waals surface area (Å²) in [5.74, 6) is 1.54. The Hall–Kier alpha value is -0.870. The van der Waals surface area contributed by atoms with Crippen molar-refractivity contribution in [2.24, 2.45) is 0 Å². The van der Waals surface area contributed by atoms with Crippen LogP contribution in [0.25, 0.3) is 0 Å². The number of ether oxygens (including phenoxy) is 1. The maximum absolute atomic E-state index is 5.92. The fourth-order valence-electron chi connectivity index (χ4n) is 2.17. The van der Waals surface area contributed by atoms with E-state index in [1.165, 1.54) is 25.7 Å². The van der Waals surface area contributed by atoms with E-state index in [1.54, 1.807) is 6.07 Å². The molecule has 1 aliphatic carbocycles. The highest BCUT2D eigenvalue weighted by Gasteiger charge is 2.14. The van der Waals surface area contributed by atoms with Crippen molar-refractivity contribution in [3.63, 3.8) is 0 Å². The van der Waals surface area contributed by atoms with Crippen molar-refractivity contribution in [3.05, 3.63) is 17.0 Å². The van der Waals surface area contributed by atoms with Gasteiger partial charge in [0, 0.05) is 19.0 Å². The molecule has 1 aromatic rings. The second kappa shape index (κ2) is 6.90. The van der Waals surface area contributed by atoms with Crippen LogP contribution in [0.4, 0.5) is 5.82 Å². The summed E-state index contributed by atoms with van der Waals surface area (Å²) in [4.78, 5) is 8.49. The number of anilines is 1. The van der Waals surface area contributed by atoms with Gasteiger partial charge in [0.15, 0.2) is 0 Å². The van der Waals surface area contributed by atoms with Crippen LogP contribution in [0.3, 0.4) is 0 Å². The number of hydrogen-bond donors (Lipinski definition) is 1. The van der Waals surface area contributed by atoms with Crippen molar-refractivity contribution in [2.75, 3.05) is 18.5 Å². The van der Waals surface area contributed by atoms with Crippen LogP contribution in [-0.4, -0.2) is 29.2 Å². The lowest BCUT2D eigenvalue weighted by molar-refractivity contribution is 0.0658. The minimum atomic E-state index is 0.465. The monoisotopic (exact) mass is 269 g/mol. The molecule has 0 saturated heterocycles. The van der Waals surface area contributed by atoms with Crippen molar-refractivity contribution in [2.45, 2.75) is 45.1 Å². The predicted molar refractivity (Wildman–Crippen MR) is 73.1 cm³/mol. The molecular weight excluding hydrogens is 250 g/mol. The molecular formula is C13H20ClN3O. The zero-order valence-electron chi connectivity index (χ0n) is 10.8. The zero-order valence-corrected chi connectivity index (χ0v) is 11.5. The molecule has 1 saturated carbocycles. The van der Waals surface area contributed by atoms with E-state index in [9.17, 15) is 0 Å². The number of halogens is 1. The molecule has 1 aliphatic rings. The third-order valence-corrected chi connectivity index (χ3v) is 3.31. The zero-order chi connectivity index (χ0) is 12.8. The summed E-state index contributed by atoms with van der Waals surface area (Å²) < 4.78 is 5.77. The number of aryl methyl sites for hydroxylation is 1. The van der Waals surface area contributed by atoms with Crippen molar-refractivity contribution < 1.29 is 4.74 Å². The van der Waals surface area contributed by atoms with E-state index in [4.69, 9.17) is 16.3 Å². The van der Waals surface area contributed by atoms with E-state index < -0.39 is 0 Å². The van der Waals surface area contributed by atoms with Gasteiger partial charge in [-0.05, 0) is 12.8 Å². The van der Waals surface area contributed by atoms with E-state index in [2.05, 4.69) is 15.3 Å². The predicted octanol–water partition coefficient (Wildman–Crippen LogP) is 3.06. The molecule has 2 rings (SSSR count). The summed E-state index contributed by atoms with van der Waals surface area (Å²) >= 11 is 5.92. The van der Waals surface area contributed by atoms with E-state index in [0.29, 0.717) is 17.9 Å². The van der Waals surface area contributed by atoms with Crippen LogP contribution >= 0.6 is 11.6 Å². The normalized spacial score (nSPS) is 16.1. The van der Waals surface area contributed by atoms with Gasteiger partial charge in [0.1, 0.15) is 16.8 Å². The molecule has 0 aromatic carbocycles. The van der Waals surface area contributed by atoms with Gasteiger partial charge in [-0.1, -0.05) is 31.4 Å². The maximum Gasteiger partial charge on any atom is 0.134 e. The Morgan fingerprint density at radius 2 is 2.17 bits per heavy atom. The molecule has 1 N–H and O–H groups in total. The average Bonchev–Trinajstić information content (AvgIpc) is 2.87. The molecule has 5 heteroatoms. The Labute approximate surface area is 113 Å². The van der Waals surface area contributed by atoms with Gasteiger partial charge in [-0.2, -0.15) is 0 Å². The van der Waals surface area contributed by atoms with Gasteiger partial charge in [0.2, 0.25) is 0 Å². The van der Waals surface area contributed by atoms with Crippen LogP contribution < -0.4 is 5.32 Å². The molecule has 0 unspecified atom stereocenters. The largest absolute Gasteiger partial charge is 0.376 e. The lowest BCUT2D eigenvalue weighted by atomic mass is 10.3. The molecule has 18 heavy (non-hydrogen) atoms. The topological polar surface area (TPSA) is 47.0 Å². The summed E-state index contributed by atoms with van der Waals surface area (Å²) in [5.41, 5.74) is 0. The summed E-state index contributed by atoms with van der Waals surface area (Å²) in [7, 11) is 0. The molecule has 100 valence electrons. The van der Waals surface area contributed by atoms with E-state index in [0.717, 1.165) is 24.6 Å². The van der Waals surface area contributed by atoms with Gasteiger partial charge in [-0.15, -0.1) is 0 Å². The highest BCUT2D eigenvalue weighted by molar-refractivity contribution is 6.29.